The van der Waals surface area contributed by atoms with Crippen molar-refractivity contribution >= 4 is 12.1 Å². The van der Waals surface area contributed by atoms with Gasteiger partial charge in [-0.25, -0.2) is 9.82 Å². The molecule has 0 fully saturated rings. The number of nitrogens with one attached hydrogen (secondary N) is 1. The van der Waals surface area contributed by atoms with Crippen LogP contribution in [0.25, 0.3) is 0 Å². The molecule has 1 amide bonds. The highest BCUT2D eigenvalue weighted by atomic mass is 19.1. The van der Waals surface area contributed by atoms with Crippen LogP contribution in [0.2, 0.25) is 0 Å². The van der Waals surface area contributed by atoms with Crippen LogP contribution in [0.3, 0.4) is 0 Å². The first-order chi connectivity index (χ1) is 10.0. The number of hydrogen-bond acceptors (Lipinski definition) is 2. The first kappa shape index (κ1) is 17.1. The number of hydrazone groups is 1. The average molecular weight is 290 g/mol. The van der Waals surface area contributed by atoms with E-state index in [2.05, 4.69) is 37.4 Å². The molecule has 0 bridgehead atoms. The highest BCUT2D eigenvalue weighted by Crippen LogP contribution is 2.10. The molecule has 1 N–H and O–H groups in total. The molecule has 0 spiro atoms. The smallest absolute Gasteiger partial charge is 0.267 e. The number of halogens is 1. The van der Waals surface area contributed by atoms with Crippen molar-refractivity contribution < 1.29 is 9.18 Å². The Kier molecular flexibility index (Phi) is 7.37. The van der Waals surface area contributed by atoms with E-state index in [1.165, 1.54) is 17.7 Å². The Bertz CT molecular complexity index is 519. The lowest BCUT2D eigenvalue weighted by Crippen LogP contribution is -2.19. The molecule has 114 valence electrons. The van der Waals surface area contributed by atoms with Gasteiger partial charge in [0.2, 0.25) is 0 Å². The van der Waals surface area contributed by atoms with E-state index in [9.17, 15) is 9.18 Å². The number of nitrogens with zero attached hydrogens (tertiary/aromatic N) is 1. The summed E-state index contributed by atoms with van der Waals surface area (Å²) >= 11 is 0. The summed E-state index contributed by atoms with van der Waals surface area (Å²) < 4.78 is 13.4. The maximum Gasteiger partial charge on any atom is 0.274 e. The van der Waals surface area contributed by atoms with Crippen LogP contribution < -0.4 is 5.43 Å². The maximum absolute atomic E-state index is 13.4. The minimum atomic E-state index is -0.541. The van der Waals surface area contributed by atoms with Crippen LogP contribution in [0.5, 0.6) is 0 Å². The number of rotatable bonds is 7. The average Bonchev–Trinajstić information content (AvgIpc) is 2.43. The van der Waals surface area contributed by atoms with Crippen molar-refractivity contribution in [1.29, 1.82) is 0 Å². The lowest BCUT2D eigenvalue weighted by atomic mass is 10.0. The molecule has 0 unspecified atom stereocenters. The zero-order chi connectivity index (χ0) is 15.7. The topological polar surface area (TPSA) is 41.5 Å². The summed E-state index contributed by atoms with van der Waals surface area (Å²) in [4.78, 5) is 11.7. The Hall–Kier alpha value is -1.97. The van der Waals surface area contributed by atoms with Crippen molar-refractivity contribution in [2.75, 3.05) is 0 Å². The Balaban J connectivity index is 2.33. The molecular weight excluding hydrogens is 267 g/mol. The second-order valence-corrected chi connectivity index (χ2v) is 5.43. The van der Waals surface area contributed by atoms with Crippen LogP contribution >= 0.6 is 0 Å². The molecule has 0 aliphatic heterocycles. The number of hydrogen-bond donors (Lipinski definition) is 1. The predicted molar refractivity (Wildman–Crippen MR) is 84.8 cm³/mol. The number of allylic oxidation sites excluding steroid dienone is 2. The first-order valence-corrected chi connectivity index (χ1v) is 7.20. The summed E-state index contributed by atoms with van der Waals surface area (Å²) in [5, 5.41) is 3.87. The molecule has 1 rings (SSSR count). The third-order valence-corrected chi connectivity index (χ3v) is 3.10. The number of carbonyl (C=O) groups excluding carboxylic acids is 1. The molecule has 21 heavy (non-hydrogen) atoms. The molecule has 0 saturated heterocycles. The summed E-state index contributed by atoms with van der Waals surface area (Å²) in [7, 11) is 0. The van der Waals surface area contributed by atoms with Gasteiger partial charge in [-0.3, -0.25) is 4.79 Å². The molecule has 1 atom stereocenters. The molecule has 0 aliphatic carbocycles. The normalized spacial score (nSPS) is 12.2. The van der Waals surface area contributed by atoms with E-state index in [-0.39, 0.29) is 5.56 Å². The molecule has 4 heteroatoms. The van der Waals surface area contributed by atoms with Gasteiger partial charge in [0.05, 0.1) is 5.56 Å². The number of amides is 1. The van der Waals surface area contributed by atoms with Crippen LogP contribution in [0.1, 0.15) is 50.4 Å². The van der Waals surface area contributed by atoms with Gasteiger partial charge in [0.1, 0.15) is 5.82 Å². The lowest BCUT2D eigenvalue weighted by molar-refractivity contribution is 0.0951. The molecule has 0 radical (unpaired) electrons. The Morgan fingerprint density at radius 3 is 2.76 bits per heavy atom. The van der Waals surface area contributed by atoms with Gasteiger partial charge in [-0.05, 0) is 51.2 Å². The summed E-state index contributed by atoms with van der Waals surface area (Å²) in [6.45, 7) is 6.32. The highest BCUT2D eigenvalue weighted by Gasteiger charge is 2.09. The van der Waals surface area contributed by atoms with Crippen LogP contribution in [0.15, 0.2) is 41.0 Å². The molecule has 1 aromatic carbocycles. The van der Waals surface area contributed by atoms with E-state index in [4.69, 9.17) is 0 Å². The van der Waals surface area contributed by atoms with Gasteiger partial charge in [-0.15, -0.1) is 0 Å². The van der Waals surface area contributed by atoms with Crippen LogP contribution in [0, 0.1) is 11.7 Å². The molecular formula is C17H23FN2O. The van der Waals surface area contributed by atoms with Crippen molar-refractivity contribution in [2.45, 2.75) is 40.0 Å². The number of carbonyl (C=O) groups is 1. The molecule has 3 nitrogen and oxygen atoms in total. The van der Waals surface area contributed by atoms with Crippen molar-refractivity contribution in [3.05, 3.63) is 47.3 Å². The standard InChI is InChI=1S/C17H23FN2O/c1-13(2)7-6-8-14(3)11-12-19-20-17(21)15-9-4-5-10-16(15)18/h4-5,7,9-10,12,14H,6,8,11H2,1-3H3,(H,20,21)/b19-12-/t14-/m0/s1. The summed E-state index contributed by atoms with van der Waals surface area (Å²) in [5.41, 5.74) is 3.68. The van der Waals surface area contributed by atoms with Crippen molar-refractivity contribution in [3.8, 4) is 0 Å². The third kappa shape index (κ3) is 6.84. The second kappa shape index (κ2) is 9.06. The van der Waals surface area contributed by atoms with E-state index in [1.54, 1.807) is 18.3 Å². The van der Waals surface area contributed by atoms with Gasteiger partial charge in [0, 0.05) is 6.21 Å². The van der Waals surface area contributed by atoms with Crippen LogP contribution in [-0.4, -0.2) is 12.1 Å². The fourth-order valence-electron chi connectivity index (χ4n) is 1.82. The molecule has 1 aromatic rings. The van der Waals surface area contributed by atoms with E-state index in [1.807, 2.05) is 0 Å². The van der Waals surface area contributed by atoms with E-state index in [0.29, 0.717) is 5.92 Å². The maximum atomic E-state index is 13.4. The molecule has 0 saturated carbocycles. The van der Waals surface area contributed by atoms with Gasteiger partial charge in [0.15, 0.2) is 0 Å². The first-order valence-electron chi connectivity index (χ1n) is 7.20. The van der Waals surface area contributed by atoms with Gasteiger partial charge >= 0.3 is 0 Å². The zero-order valence-corrected chi connectivity index (χ0v) is 12.9. The quantitative estimate of drug-likeness (QED) is 0.453. The van der Waals surface area contributed by atoms with Gasteiger partial charge in [-0.2, -0.15) is 5.10 Å². The minimum Gasteiger partial charge on any atom is -0.267 e. The van der Waals surface area contributed by atoms with Crippen molar-refractivity contribution in [2.24, 2.45) is 11.0 Å². The van der Waals surface area contributed by atoms with Crippen LogP contribution in [-0.2, 0) is 0 Å². The zero-order valence-electron chi connectivity index (χ0n) is 12.9. The van der Waals surface area contributed by atoms with Crippen molar-refractivity contribution in [3.63, 3.8) is 0 Å². The predicted octanol–water partition coefficient (Wildman–Crippen LogP) is 4.31. The van der Waals surface area contributed by atoms with Crippen molar-refractivity contribution in [1.82, 2.24) is 5.43 Å². The van der Waals surface area contributed by atoms with Gasteiger partial charge < -0.3 is 0 Å². The summed E-state index contributed by atoms with van der Waals surface area (Å²) in [6.07, 6.45) is 6.81. The van der Waals surface area contributed by atoms with E-state index < -0.39 is 11.7 Å². The highest BCUT2D eigenvalue weighted by molar-refractivity contribution is 5.94. The molecule has 0 aliphatic rings. The largest absolute Gasteiger partial charge is 0.274 e. The van der Waals surface area contributed by atoms with E-state index in [0.717, 1.165) is 19.3 Å². The fourth-order valence-corrected chi connectivity index (χ4v) is 1.82. The Morgan fingerprint density at radius 2 is 2.10 bits per heavy atom. The molecule has 0 aromatic heterocycles. The Morgan fingerprint density at radius 1 is 1.38 bits per heavy atom. The van der Waals surface area contributed by atoms with Gasteiger partial charge in [0.25, 0.3) is 5.91 Å². The Labute approximate surface area is 125 Å². The number of benzene rings is 1. The summed E-state index contributed by atoms with van der Waals surface area (Å²) in [5.74, 6) is -0.573. The van der Waals surface area contributed by atoms with E-state index >= 15 is 0 Å². The third-order valence-electron chi connectivity index (χ3n) is 3.10. The van der Waals surface area contributed by atoms with Gasteiger partial charge in [-0.1, -0.05) is 30.7 Å². The molecule has 0 heterocycles. The lowest BCUT2D eigenvalue weighted by Gasteiger charge is -2.06. The monoisotopic (exact) mass is 290 g/mol. The van der Waals surface area contributed by atoms with Crippen LogP contribution in [0.4, 0.5) is 4.39 Å². The minimum absolute atomic E-state index is 0.00579. The SMILES string of the molecule is CC(C)=CCC[C@H](C)C/C=N\NC(=O)c1ccccc1F. The fraction of sp³-hybridized carbons (Fsp3) is 0.412. The second-order valence-electron chi connectivity index (χ2n) is 5.43. The summed E-state index contributed by atoms with van der Waals surface area (Å²) in [6, 6.07) is 5.85.